The number of aromatic nitrogens is 1. The van der Waals surface area contributed by atoms with Crippen LogP contribution in [0.5, 0.6) is 5.75 Å². The molecule has 0 bridgehead atoms. The van der Waals surface area contributed by atoms with Crippen LogP contribution in [-0.2, 0) is 32.0 Å². The van der Waals surface area contributed by atoms with E-state index in [2.05, 4.69) is 5.32 Å². The Balaban J connectivity index is 0.00000177. The van der Waals surface area contributed by atoms with Crippen LogP contribution in [0.2, 0.25) is 5.02 Å². The molecule has 10 nitrogen and oxygen atoms in total. The third-order valence-corrected chi connectivity index (χ3v) is 10.1. The van der Waals surface area contributed by atoms with Crippen LogP contribution >= 0.6 is 11.6 Å². The summed E-state index contributed by atoms with van der Waals surface area (Å²) in [5, 5.41) is 15.3. The molecule has 0 spiro atoms. The number of ketones is 1. The number of hydrogen-bond acceptors (Lipinski definition) is 8. The Morgan fingerprint density at radius 3 is 2.28 bits per heavy atom. The highest BCUT2D eigenvalue weighted by atomic mass is 35.5. The van der Waals surface area contributed by atoms with Gasteiger partial charge in [-0.05, 0) is 104 Å². The van der Waals surface area contributed by atoms with E-state index in [0.29, 0.717) is 41.3 Å². The molecule has 1 aromatic heterocycles. The fourth-order valence-corrected chi connectivity index (χ4v) is 7.28. The van der Waals surface area contributed by atoms with Crippen molar-refractivity contribution in [2.75, 3.05) is 6.54 Å². The second-order valence-corrected chi connectivity index (χ2v) is 14.3. The monoisotopic (exact) mass is 782 g/mol. The summed E-state index contributed by atoms with van der Waals surface area (Å²) in [5.74, 6) is 0.365. The molecule has 0 saturated carbocycles. The summed E-state index contributed by atoms with van der Waals surface area (Å²) in [7, 11) is 0. The number of nitrogens with zero attached hydrogens (tertiary/aromatic N) is 1. The Bertz CT molecular complexity index is 2670. The van der Waals surface area contributed by atoms with Gasteiger partial charge in [0.05, 0.1) is 11.9 Å². The van der Waals surface area contributed by atoms with Crippen molar-refractivity contribution in [3.8, 4) is 28.2 Å². The Hall–Kier alpha value is -6.61. The molecule has 288 valence electrons. The summed E-state index contributed by atoms with van der Waals surface area (Å²) in [5.41, 5.74) is 7.67. The van der Waals surface area contributed by atoms with Crippen molar-refractivity contribution in [3.05, 3.63) is 146 Å². The Morgan fingerprint density at radius 2 is 1.54 bits per heavy atom. The first-order valence-corrected chi connectivity index (χ1v) is 18.8. The van der Waals surface area contributed by atoms with Gasteiger partial charge in [0.2, 0.25) is 5.91 Å². The number of aryl methyl sites for hydroxylation is 1. The Labute approximate surface area is 333 Å². The first kappa shape index (κ1) is 40.1. The van der Waals surface area contributed by atoms with Crippen LogP contribution in [-0.4, -0.2) is 40.0 Å². The standard InChI is InChI=1S/C45H39ClN2O6.CO2/c1-27-7-20-40-39(22-27)38(28(2)48(40)45(53)31-12-14-32(46)15-13-31)26-43(52)47-21-5-3-4-6-33(49)23-29-8-10-30(11-9-29)44-36-18-16-34(50)24-41(36)54-42-25-35(51)17-19-37(42)44;2-1-3/h7-20,22,24-25,50H,3-6,21,23,26H2,1-2H3,(H,47,52);. The van der Waals surface area contributed by atoms with Crippen molar-refractivity contribution in [3.63, 3.8) is 0 Å². The molecule has 0 fully saturated rings. The van der Waals surface area contributed by atoms with E-state index in [1.54, 1.807) is 47.0 Å². The summed E-state index contributed by atoms with van der Waals surface area (Å²) in [6.45, 7) is 4.36. The lowest BCUT2D eigenvalue weighted by molar-refractivity contribution is -0.191. The molecular weight excluding hydrogens is 744 g/mol. The van der Waals surface area contributed by atoms with Crippen LogP contribution in [0.25, 0.3) is 44.3 Å². The largest absolute Gasteiger partial charge is 0.508 e. The quantitative estimate of drug-likeness (QED) is 0.0923. The van der Waals surface area contributed by atoms with Crippen molar-refractivity contribution >= 4 is 57.2 Å². The zero-order valence-electron chi connectivity index (χ0n) is 31.4. The number of amides is 1. The second kappa shape index (κ2) is 17.9. The number of hydrogen-bond donors (Lipinski definition) is 2. The van der Waals surface area contributed by atoms with E-state index < -0.39 is 0 Å². The van der Waals surface area contributed by atoms with Crippen molar-refractivity contribution < 1.29 is 33.5 Å². The molecule has 7 rings (SSSR count). The van der Waals surface area contributed by atoms with Crippen molar-refractivity contribution in [1.29, 1.82) is 0 Å². The van der Waals surface area contributed by atoms with Gasteiger partial charge in [0.25, 0.3) is 5.91 Å². The summed E-state index contributed by atoms with van der Waals surface area (Å²) in [6, 6.07) is 30.2. The number of nitrogens with one attached hydrogen (secondary N) is 1. The Kier molecular flexibility index (Phi) is 12.6. The highest BCUT2D eigenvalue weighted by Crippen LogP contribution is 2.40. The molecule has 0 unspecified atom stereocenters. The summed E-state index contributed by atoms with van der Waals surface area (Å²) < 4.78 is 7.62. The zero-order valence-corrected chi connectivity index (χ0v) is 32.2. The van der Waals surface area contributed by atoms with E-state index in [4.69, 9.17) is 25.6 Å². The third kappa shape index (κ3) is 9.27. The van der Waals surface area contributed by atoms with Crippen LogP contribution in [0.15, 0.2) is 112 Å². The van der Waals surface area contributed by atoms with Gasteiger partial charge in [-0.1, -0.05) is 53.9 Å². The third-order valence-electron chi connectivity index (χ3n) is 9.90. The molecule has 0 atom stereocenters. The predicted molar refractivity (Wildman–Crippen MR) is 218 cm³/mol. The van der Waals surface area contributed by atoms with Gasteiger partial charge in [0.1, 0.15) is 22.9 Å². The molecule has 0 radical (unpaired) electrons. The average Bonchev–Trinajstić information content (AvgIpc) is 3.45. The van der Waals surface area contributed by atoms with E-state index in [9.17, 15) is 24.3 Å². The van der Waals surface area contributed by atoms with E-state index in [1.165, 1.54) is 18.2 Å². The molecule has 57 heavy (non-hydrogen) atoms. The van der Waals surface area contributed by atoms with Gasteiger partial charge < -0.3 is 14.8 Å². The number of rotatable bonds is 12. The van der Waals surface area contributed by atoms with Crippen molar-refractivity contribution in [2.45, 2.75) is 52.4 Å². The number of phenols is 1. The molecule has 4 aromatic carbocycles. The number of fused-ring (bicyclic) bond motifs is 3. The summed E-state index contributed by atoms with van der Waals surface area (Å²) in [6.07, 6.45) is 3.46. The number of phenolic OH excluding ortho intramolecular Hbond substituents is 1. The summed E-state index contributed by atoms with van der Waals surface area (Å²) in [4.78, 5) is 67.8. The van der Waals surface area contributed by atoms with Crippen LogP contribution < -0.4 is 10.7 Å². The first-order valence-electron chi connectivity index (χ1n) is 18.4. The van der Waals surface area contributed by atoms with Crippen LogP contribution in [0.1, 0.15) is 58.4 Å². The van der Waals surface area contributed by atoms with Crippen LogP contribution in [0, 0.1) is 13.8 Å². The molecule has 1 aliphatic heterocycles. The number of unbranched alkanes of at least 4 members (excludes halogenated alkanes) is 2. The summed E-state index contributed by atoms with van der Waals surface area (Å²) >= 11 is 6.04. The number of Topliss-reactive ketones (excluding diaryl/α,β-unsaturated/α-hetero) is 1. The van der Waals surface area contributed by atoms with Gasteiger partial charge in [0.15, 0.2) is 5.43 Å². The molecule has 1 amide bonds. The van der Waals surface area contributed by atoms with Gasteiger partial charge in [-0.15, -0.1) is 0 Å². The molecule has 2 aliphatic rings. The van der Waals surface area contributed by atoms with E-state index in [-0.39, 0.29) is 41.3 Å². The SMILES string of the molecule is Cc1ccc2c(c1)c(CC(=O)NCCCCCC(=O)Cc1ccc(-c3c4ccc(=O)cc-4oc4cc(O)ccc34)cc1)c(C)n2C(=O)c1ccc(Cl)cc1.O=C=O. The predicted octanol–water partition coefficient (Wildman–Crippen LogP) is 8.63. The molecule has 2 heterocycles. The highest BCUT2D eigenvalue weighted by Gasteiger charge is 2.22. The van der Waals surface area contributed by atoms with E-state index in [0.717, 1.165) is 74.6 Å². The average molecular weight is 783 g/mol. The topological polar surface area (TPSA) is 153 Å². The molecule has 11 heteroatoms. The van der Waals surface area contributed by atoms with Crippen LogP contribution in [0.3, 0.4) is 0 Å². The fraction of sp³-hybridized carbons (Fsp3) is 0.196. The maximum absolute atomic E-state index is 13.5. The smallest absolute Gasteiger partial charge is 0.373 e. The fourth-order valence-electron chi connectivity index (χ4n) is 7.15. The molecule has 2 N–H and O–H groups in total. The number of aromatic hydroxyl groups is 1. The minimum absolute atomic E-state index is 0.0700. The highest BCUT2D eigenvalue weighted by molar-refractivity contribution is 6.30. The van der Waals surface area contributed by atoms with Crippen molar-refractivity contribution in [2.24, 2.45) is 0 Å². The zero-order chi connectivity index (χ0) is 40.6. The lowest BCUT2D eigenvalue weighted by atomic mass is 9.92. The van der Waals surface area contributed by atoms with Crippen LogP contribution in [0.4, 0.5) is 0 Å². The number of benzene rings is 5. The van der Waals surface area contributed by atoms with Gasteiger partial charge in [0, 0.05) is 69.7 Å². The first-order chi connectivity index (χ1) is 27.5. The lowest BCUT2D eigenvalue weighted by Crippen LogP contribution is -2.26. The maximum Gasteiger partial charge on any atom is 0.373 e. The minimum Gasteiger partial charge on any atom is -0.508 e. The van der Waals surface area contributed by atoms with Crippen molar-refractivity contribution in [1.82, 2.24) is 9.88 Å². The number of carbonyl (C=O) groups excluding carboxylic acids is 5. The maximum atomic E-state index is 13.5. The number of halogens is 1. The lowest BCUT2D eigenvalue weighted by Gasteiger charge is -2.15. The molecular formula is C46H39ClN2O8. The van der Waals surface area contributed by atoms with E-state index >= 15 is 0 Å². The van der Waals surface area contributed by atoms with E-state index in [1.807, 2.05) is 56.3 Å². The minimum atomic E-state index is -0.175. The number of carbonyl (C=O) groups is 3. The molecule has 5 aromatic rings. The van der Waals surface area contributed by atoms with Gasteiger partial charge >= 0.3 is 6.15 Å². The molecule has 1 aliphatic carbocycles. The van der Waals surface area contributed by atoms with Gasteiger partial charge in [-0.2, -0.15) is 9.59 Å². The normalized spacial score (nSPS) is 10.9. The Morgan fingerprint density at radius 1 is 0.807 bits per heavy atom. The molecule has 0 saturated heterocycles. The van der Waals surface area contributed by atoms with Gasteiger partial charge in [-0.3, -0.25) is 23.7 Å². The van der Waals surface area contributed by atoms with Gasteiger partial charge in [-0.25, -0.2) is 0 Å². The second-order valence-electron chi connectivity index (χ2n) is 13.9.